The maximum Gasteiger partial charge on any atom is 0.136 e. The van der Waals surface area contributed by atoms with E-state index in [2.05, 4.69) is 41.5 Å². The van der Waals surface area contributed by atoms with Gasteiger partial charge in [0, 0.05) is 12.3 Å². The normalized spacial score (nSPS) is 13.7. The highest BCUT2D eigenvalue weighted by Gasteiger charge is 2.35. The minimum Gasteiger partial charge on any atom is -0.299 e. The van der Waals surface area contributed by atoms with Crippen molar-refractivity contribution in [2.45, 2.75) is 81.6 Å². The van der Waals surface area contributed by atoms with Gasteiger partial charge in [-0.2, -0.15) is 0 Å². The molecule has 1 nitrogen and oxygen atoms in total. The molecule has 0 amide bonds. The fourth-order valence-electron chi connectivity index (χ4n) is 2.95. The van der Waals surface area contributed by atoms with Gasteiger partial charge in [-0.1, -0.05) is 62.3 Å². The highest BCUT2D eigenvalue weighted by Crippen LogP contribution is 2.41. The lowest BCUT2D eigenvalue weighted by molar-refractivity contribution is -0.127. The number of rotatable bonds is 5. The summed E-state index contributed by atoms with van der Waals surface area (Å²) in [6.07, 6.45) is 2.74. The average molecular weight is 242 g/mol. The van der Waals surface area contributed by atoms with Gasteiger partial charge in [0.25, 0.3) is 0 Å². The smallest absolute Gasteiger partial charge is 0.136 e. The molecule has 0 saturated carbocycles. The van der Waals surface area contributed by atoms with Crippen LogP contribution in [-0.4, -0.2) is 5.78 Å². The van der Waals surface area contributed by atoms with E-state index in [4.69, 9.17) is 0 Å². The molecule has 0 aliphatic carbocycles. The lowest BCUT2D eigenvalue weighted by atomic mass is 9.66. The lowest BCUT2D eigenvalue weighted by Gasteiger charge is -2.38. The zero-order valence-corrected chi connectivity index (χ0v) is 13.6. The molecule has 0 aliphatic rings. The molecule has 0 saturated heterocycles. The molecule has 0 N–H and O–H groups in total. The van der Waals surface area contributed by atoms with E-state index in [0.29, 0.717) is 17.6 Å². The van der Waals surface area contributed by atoms with Crippen molar-refractivity contribution in [3.8, 4) is 0 Å². The topological polar surface area (TPSA) is 17.1 Å². The first-order chi connectivity index (χ1) is 7.64. The van der Waals surface area contributed by atoms with Crippen LogP contribution < -0.4 is 0 Å². The zero-order valence-electron chi connectivity index (χ0n) is 13.6. The van der Waals surface area contributed by atoms with E-state index < -0.39 is 0 Å². The van der Waals surface area contributed by atoms with Crippen LogP contribution in [0.2, 0.25) is 0 Å². The molecule has 0 heterocycles. The van der Waals surface area contributed by atoms with Gasteiger partial charge in [0.05, 0.1) is 0 Å². The second-order valence-corrected chi connectivity index (χ2v) is 6.51. The Kier molecular flexibility index (Phi) is 8.83. The van der Waals surface area contributed by atoms with Crippen LogP contribution in [0, 0.1) is 16.7 Å². The summed E-state index contributed by atoms with van der Waals surface area (Å²) in [6.45, 7) is 19.3. The molecule has 104 valence electrons. The predicted octanol–water partition coefficient (Wildman–Crippen LogP) is 5.48. The van der Waals surface area contributed by atoms with Gasteiger partial charge in [-0.25, -0.2) is 0 Å². The van der Waals surface area contributed by atoms with Crippen molar-refractivity contribution in [3.63, 3.8) is 0 Å². The Bertz CT molecular complexity index is 208. The Morgan fingerprint density at radius 1 is 1.00 bits per heavy atom. The van der Waals surface area contributed by atoms with Crippen LogP contribution in [0.3, 0.4) is 0 Å². The van der Waals surface area contributed by atoms with E-state index in [9.17, 15) is 4.79 Å². The minimum atomic E-state index is 0.125. The molecule has 0 fully saturated rings. The maximum absolute atomic E-state index is 11.9. The first-order valence-corrected chi connectivity index (χ1v) is 7.16. The third-order valence-electron chi connectivity index (χ3n) is 3.07. The summed E-state index contributed by atoms with van der Waals surface area (Å²) in [5.41, 5.74) is 0.422. The highest BCUT2D eigenvalue weighted by atomic mass is 16.1. The van der Waals surface area contributed by atoms with Crippen molar-refractivity contribution in [1.29, 1.82) is 0 Å². The maximum atomic E-state index is 11.9. The molecular formula is C16H34O. The van der Waals surface area contributed by atoms with Gasteiger partial charge in [-0.3, -0.25) is 4.79 Å². The second-order valence-electron chi connectivity index (χ2n) is 6.51. The first kappa shape index (κ1) is 19.0. The molecule has 0 bridgehead atoms. The molecule has 0 rings (SSSR count). The number of ketones is 1. The van der Waals surface area contributed by atoms with Gasteiger partial charge < -0.3 is 0 Å². The van der Waals surface area contributed by atoms with Crippen LogP contribution in [0.4, 0.5) is 0 Å². The summed E-state index contributed by atoms with van der Waals surface area (Å²) in [6, 6.07) is 0. The van der Waals surface area contributed by atoms with Crippen LogP contribution in [0.1, 0.15) is 81.6 Å². The molecule has 0 spiro atoms. The first-order valence-electron chi connectivity index (χ1n) is 7.16. The highest BCUT2D eigenvalue weighted by molar-refractivity contribution is 5.81. The SMILES string of the molecule is CC.CCC(=O)C(CC)C(C)(C)CC(C)(C)C. The molecule has 0 radical (unpaired) electrons. The number of carbonyl (C=O) groups is 1. The van der Waals surface area contributed by atoms with E-state index >= 15 is 0 Å². The van der Waals surface area contributed by atoms with E-state index in [-0.39, 0.29) is 11.3 Å². The van der Waals surface area contributed by atoms with Gasteiger partial charge in [-0.15, -0.1) is 0 Å². The largest absolute Gasteiger partial charge is 0.299 e. The van der Waals surface area contributed by atoms with Gasteiger partial charge >= 0.3 is 0 Å². The Morgan fingerprint density at radius 2 is 1.41 bits per heavy atom. The zero-order chi connectivity index (χ0) is 14.3. The Hall–Kier alpha value is -0.330. The summed E-state index contributed by atoms with van der Waals surface area (Å²) in [4.78, 5) is 11.9. The number of carbonyl (C=O) groups excluding carboxylic acids is 1. The monoisotopic (exact) mass is 242 g/mol. The number of hydrogen-bond donors (Lipinski definition) is 0. The quantitative estimate of drug-likeness (QED) is 0.624. The minimum absolute atomic E-state index is 0.125. The van der Waals surface area contributed by atoms with Crippen LogP contribution in [0.15, 0.2) is 0 Å². The molecule has 17 heavy (non-hydrogen) atoms. The average Bonchev–Trinajstić information content (AvgIpc) is 2.17. The van der Waals surface area contributed by atoms with Gasteiger partial charge in [0.2, 0.25) is 0 Å². The summed E-state index contributed by atoms with van der Waals surface area (Å²) < 4.78 is 0. The fraction of sp³-hybridized carbons (Fsp3) is 0.938. The van der Waals surface area contributed by atoms with Gasteiger partial charge in [0.1, 0.15) is 5.78 Å². The van der Waals surface area contributed by atoms with Crippen LogP contribution >= 0.6 is 0 Å². The summed E-state index contributed by atoms with van der Waals surface area (Å²) in [5, 5.41) is 0. The molecular weight excluding hydrogens is 208 g/mol. The van der Waals surface area contributed by atoms with Crippen molar-refractivity contribution in [3.05, 3.63) is 0 Å². The van der Waals surface area contributed by atoms with Crippen LogP contribution in [0.5, 0.6) is 0 Å². The standard InChI is InChI=1S/C14H28O.C2H6/c1-8-11(12(15)9-2)14(6,7)10-13(3,4)5;1-2/h11H,8-10H2,1-7H3;1-2H3. The third kappa shape index (κ3) is 7.57. The van der Waals surface area contributed by atoms with Crippen molar-refractivity contribution in [2.24, 2.45) is 16.7 Å². The number of hydrogen-bond acceptors (Lipinski definition) is 1. The van der Waals surface area contributed by atoms with Crippen molar-refractivity contribution < 1.29 is 4.79 Å². The summed E-state index contributed by atoms with van der Waals surface area (Å²) in [7, 11) is 0. The van der Waals surface area contributed by atoms with Crippen molar-refractivity contribution in [2.75, 3.05) is 0 Å². The van der Waals surface area contributed by atoms with Gasteiger partial charge in [-0.05, 0) is 23.7 Å². The molecule has 1 heteroatoms. The Balaban J connectivity index is 0. The van der Waals surface area contributed by atoms with E-state index in [1.807, 2.05) is 20.8 Å². The van der Waals surface area contributed by atoms with Crippen molar-refractivity contribution in [1.82, 2.24) is 0 Å². The summed E-state index contributed by atoms with van der Waals surface area (Å²) >= 11 is 0. The molecule has 0 aromatic carbocycles. The summed E-state index contributed by atoms with van der Waals surface area (Å²) in [5.74, 6) is 0.647. The Morgan fingerprint density at radius 3 is 1.65 bits per heavy atom. The lowest BCUT2D eigenvalue weighted by Crippen LogP contribution is -2.33. The number of Topliss-reactive ketones (excluding diaryl/α,β-unsaturated/α-hetero) is 1. The predicted molar refractivity (Wildman–Crippen MR) is 78.3 cm³/mol. The van der Waals surface area contributed by atoms with E-state index in [1.54, 1.807) is 0 Å². The van der Waals surface area contributed by atoms with Crippen LogP contribution in [0.25, 0.3) is 0 Å². The molecule has 1 unspecified atom stereocenters. The third-order valence-corrected chi connectivity index (χ3v) is 3.07. The molecule has 0 aliphatic heterocycles. The van der Waals surface area contributed by atoms with Gasteiger partial charge in [0.15, 0.2) is 0 Å². The molecule has 0 aromatic heterocycles. The Labute approximate surface area is 109 Å². The van der Waals surface area contributed by atoms with E-state index in [1.165, 1.54) is 0 Å². The molecule has 0 aromatic rings. The van der Waals surface area contributed by atoms with Crippen LogP contribution in [-0.2, 0) is 4.79 Å². The fourth-order valence-corrected chi connectivity index (χ4v) is 2.95. The van der Waals surface area contributed by atoms with E-state index in [0.717, 1.165) is 12.8 Å². The van der Waals surface area contributed by atoms with Crippen molar-refractivity contribution >= 4 is 5.78 Å². The molecule has 1 atom stereocenters. The second kappa shape index (κ2) is 7.89.